The molecule has 4 rings (SSSR count). The second kappa shape index (κ2) is 7.59. The number of anilines is 1. The van der Waals surface area contributed by atoms with E-state index in [4.69, 9.17) is 0 Å². The van der Waals surface area contributed by atoms with Crippen LogP contribution in [0.2, 0.25) is 0 Å². The summed E-state index contributed by atoms with van der Waals surface area (Å²) >= 11 is 1.63. The number of likely N-dealkylation sites (N-methyl/N-ethyl adjacent to an activating group) is 1. The van der Waals surface area contributed by atoms with E-state index in [1.165, 1.54) is 22.3 Å². The van der Waals surface area contributed by atoms with E-state index in [-0.39, 0.29) is 11.9 Å². The quantitative estimate of drug-likeness (QED) is 0.634. The summed E-state index contributed by atoms with van der Waals surface area (Å²) < 4.78 is 0. The number of benzene rings is 3. The zero-order chi connectivity index (χ0) is 18.8. The molecule has 0 saturated carbocycles. The summed E-state index contributed by atoms with van der Waals surface area (Å²) in [4.78, 5) is 15.9. The number of hydrogen-bond acceptors (Lipinski definition) is 3. The standard InChI is InChI=1S/C23H22N2OS/c1-25(15-22(26)24-20-13-7-8-14-21(20)27-2)23-18-11-5-3-9-16(18)17-10-4-6-12-19(17)23/h3-14,23H,15H2,1-2H3,(H,24,26). The number of nitrogens with one attached hydrogen (secondary N) is 1. The highest BCUT2D eigenvalue weighted by Crippen LogP contribution is 2.45. The van der Waals surface area contributed by atoms with E-state index >= 15 is 0 Å². The molecule has 0 radical (unpaired) electrons. The third kappa shape index (κ3) is 3.38. The fourth-order valence-corrected chi connectivity index (χ4v) is 4.41. The van der Waals surface area contributed by atoms with Gasteiger partial charge in [0.1, 0.15) is 0 Å². The fraction of sp³-hybridized carbons (Fsp3) is 0.174. The van der Waals surface area contributed by atoms with Crippen LogP contribution in [0.1, 0.15) is 17.2 Å². The predicted octanol–water partition coefficient (Wildman–Crippen LogP) is 5.05. The van der Waals surface area contributed by atoms with Gasteiger partial charge in [-0.05, 0) is 47.7 Å². The molecule has 1 aliphatic carbocycles. The van der Waals surface area contributed by atoms with Gasteiger partial charge < -0.3 is 5.32 Å². The van der Waals surface area contributed by atoms with Gasteiger partial charge in [0.25, 0.3) is 0 Å². The average molecular weight is 375 g/mol. The van der Waals surface area contributed by atoms with Crippen molar-refractivity contribution in [1.82, 2.24) is 4.90 Å². The highest BCUT2D eigenvalue weighted by Gasteiger charge is 2.31. The second-order valence-corrected chi connectivity index (χ2v) is 7.59. The van der Waals surface area contributed by atoms with Crippen molar-refractivity contribution in [1.29, 1.82) is 0 Å². The zero-order valence-corrected chi connectivity index (χ0v) is 16.3. The Hall–Kier alpha value is -2.56. The zero-order valence-electron chi connectivity index (χ0n) is 15.5. The molecule has 1 N–H and O–H groups in total. The van der Waals surface area contributed by atoms with Crippen molar-refractivity contribution >= 4 is 23.4 Å². The molecular weight excluding hydrogens is 352 g/mol. The summed E-state index contributed by atoms with van der Waals surface area (Å²) in [6.45, 7) is 0.329. The van der Waals surface area contributed by atoms with Crippen LogP contribution in [0, 0.1) is 0 Å². The molecular formula is C23H22N2OS. The molecule has 0 heterocycles. The highest BCUT2D eigenvalue weighted by molar-refractivity contribution is 7.98. The molecule has 0 bridgehead atoms. The Balaban J connectivity index is 1.56. The highest BCUT2D eigenvalue weighted by atomic mass is 32.2. The van der Waals surface area contributed by atoms with Gasteiger partial charge in [0.2, 0.25) is 5.91 Å². The lowest BCUT2D eigenvalue weighted by Gasteiger charge is -2.26. The smallest absolute Gasteiger partial charge is 0.238 e. The monoisotopic (exact) mass is 374 g/mol. The first kappa shape index (κ1) is 17.8. The molecule has 0 atom stereocenters. The molecule has 0 aromatic heterocycles. The first-order valence-corrected chi connectivity index (χ1v) is 10.2. The molecule has 4 heteroatoms. The number of amides is 1. The van der Waals surface area contributed by atoms with Gasteiger partial charge >= 0.3 is 0 Å². The molecule has 0 aliphatic heterocycles. The van der Waals surface area contributed by atoms with Gasteiger partial charge in [-0.15, -0.1) is 11.8 Å². The largest absolute Gasteiger partial charge is 0.324 e. The number of nitrogens with zero attached hydrogens (tertiary/aromatic N) is 1. The van der Waals surface area contributed by atoms with Crippen molar-refractivity contribution in [3.63, 3.8) is 0 Å². The fourth-order valence-electron chi connectivity index (χ4n) is 3.86. The normalized spacial score (nSPS) is 12.7. The van der Waals surface area contributed by atoms with Crippen LogP contribution in [0.5, 0.6) is 0 Å². The maximum atomic E-state index is 12.7. The average Bonchev–Trinajstić information content (AvgIpc) is 3.03. The number of carbonyl (C=O) groups is 1. The van der Waals surface area contributed by atoms with Crippen molar-refractivity contribution in [2.24, 2.45) is 0 Å². The SMILES string of the molecule is CSc1ccccc1NC(=O)CN(C)C1c2ccccc2-c2ccccc21. The summed E-state index contributed by atoms with van der Waals surface area (Å²) in [5.74, 6) is 0.000798. The van der Waals surface area contributed by atoms with Gasteiger partial charge in [0.15, 0.2) is 0 Å². The number of fused-ring (bicyclic) bond motifs is 3. The summed E-state index contributed by atoms with van der Waals surface area (Å²) in [5.41, 5.74) is 5.92. The molecule has 1 aliphatic rings. The maximum absolute atomic E-state index is 12.7. The van der Waals surface area contributed by atoms with E-state index in [1.54, 1.807) is 11.8 Å². The van der Waals surface area contributed by atoms with E-state index in [0.29, 0.717) is 6.54 Å². The maximum Gasteiger partial charge on any atom is 0.238 e. The van der Waals surface area contributed by atoms with E-state index < -0.39 is 0 Å². The van der Waals surface area contributed by atoms with Crippen LogP contribution in [-0.2, 0) is 4.79 Å². The molecule has 3 aromatic carbocycles. The number of hydrogen-bond donors (Lipinski definition) is 1. The van der Waals surface area contributed by atoms with Crippen LogP contribution in [0.4, 0.5) is 5.69 Å². The summed E-state index contributed by atoms with van der Waals surface area (Å²) in [6, 6.07) is 24.9. The first-order chi connectivity index (χ1) is 13.2. The van der Waals surface area contributed by atoms with E-state index in [1.807, 2.05) is 37.6 Å². The molecule has 0 fully saturated rings. The third-order valence-corrected chi connectivity index (χ3v) is 5.81. The van der Waals surface area contributed by atoms with Gasteiger partial charge in [-0.1, -0.05) is 60.7 Å². The Morgan fingerprint density at radius 1 is 0.926 bits per heavy atom. The number of carbonyl (C=O) groups excluding carboxylic acids is 1. The van der Waals surface area contributed by atoms with Crippen LogP contribution >= 0.6 is 11.8 Å². The number of rotatable bonds is 5. The minimum absolute atomic E-state index is 0.000798. The van der Waals surface area contributed by atoms with Crippen molar-refractivity contribution < 1.29 is 4.79 Å². The Morgan fingerprint density at radius 3 is 2.11 bits per heavy atom. The number of para-hydroxylation sites is 1. The molecule has 0 saturated heterocycles. The minimum Gasteiger partial charge on any atom is -0.324 e. The Labute approximate surface area is 164 Å². The van der Waals surface area contributed by atoms with Crippen molar-refractivity contribution in [2.75, 3.05) is 25.2 Å². The summed E-state index contributed by atoms with van der Waals surface area (Å²) in [7, 11) is 2.02. The van der Waals surface area contributed by atoms with Crippen LogP contribution < -0.4 is 5.32 Å². The van der Waals surface area contributed by atoms with Crippen LogP contribution in [-0.4, -0.2) is 30.7 Å². The van der Waals surface area contributed by atoms with Gasteiger partial charge in [-0.25, -0.2) is 0 Å². The van der Waals surface area contributed by atoms with Gasteiger partial charge in [0, 0.05) is 4.90 Å². The molecule has 0 unspecified atom stereocenters. The van der Waals surface area contributed by atoms with Crippen LogP contribution in [0.3, 0.4) is 0 Å². The predicted molar refractivity (Wildman–Crippen MR) is 113 cm³/mol. The number of thioether (sulfide) groups is 1. The molecule has 27 heavy (non-hydrogen) atoms. The molecule has 136 valence electrons. The third-order valence-electron chi connectivity index (χ3n) is 5.02. The van der Waals surface area contributed by atoms with Gasteiger partial charge in [-0.3, -0.25) is 9.69 Å². The van der Waals surface area contributed by atoms with E-state index in [9.17, 15) is 4.79 Å². The molecule has 0 spiro atoms. The Kier molecular flexibility index (Phi) is 5.01. The minimum atomic E-state index is 0.000798. The summed E-state index contributed by atoms with van der Waals surface area (Å²) in [6.07, 6.45) is 2.02. The molecule has 3 nitrogen and oxygen atoms in total. The van der Waals surface area contributed by atoms with Crippen LogP contribution in [0.25, 0.3) is 11.1 Å². The van der Waals surface area contributed by atoms with Gasteiger partial charge in [-0.2, -0.15) is 0 Å². The Morgan fingerprint density at radius 2 is 1.48 bits per heavy atom. The lowest BCUT2D eigenvalue weighted by Crippen LogP contribution is -2.33. The summed E-state index contributed by atoms with van der Waals surface area (Å²) in [5, 5.41) is 3.06. The van der Waals surface area contributed by atoms with E-state index in [2.05, 4.69) is 58.7 Å². The lowest BCUT2D eigenvalue weighted by atomic mass is 10.0. The van der Waals surface area contributed by atoms with Crippen molar-refractivity contribution in [2.45, 2.75) is 10.9 Å². The van der Waals surface area contributed by atoms with Crippen molar-refractivity contribution in [3.05, 3.63) is 83.9 Å². The van der Waals surface area contributed by atoms with E-state index in [0.717, 1.165) is 10.6 Å². The molecule has 3 aromatic rings. The van der Waals surface area contributed by atoms with Crippen LogP contribution in [0.15, 0.2) is 77.7 Å². The topological polar surface area (TPSA) is 32.3 Å². The first-order valence-electron chi connectivity index (χ1n) is 9.00. The molecule has 1 amide bonds. The van der Waals surface area contributed by atoms with Gasteiger partial charge in [0.05, 0.1) is 18.3 Å². The second-order valence-electron chi connectivity index (χ2n) is 6.74. The lowest BCUT2D eigenvalue weighted by molar-refractivity contribution is -0.117. The Bertz CT molecular complexity index is 940. The van der Waals surface area contributed by atoms with Crippen molar-refractivity contribution in [3.8, 4) is 11.1 Å².